The molecule has 4 aromatic rings. The normalized spacial score (nSPS) is 10.4. The number of benzene rings is 3. The first-order chi connectivity index (χ1) is 18.4. The van der Waals surface area contributed by atoms with Gasteiger partial charge in [-0.25, -0.2) is 9.78 Å². The number of methoxy groups -OCH3 is 2. The molecule has 0 spiro atoms. The van der Waals surface area contributed by atoms with Gasteiger partial charge in [0, 0.05) is 11.6 Å². The summed E-state index contributed by atoms with van der Waals surface area (Å²) in [6.07, 6.45) is 1.58. The van der Waals surface area contributed by atoms with Crippen molar-refractivity contribution in [1.82, 2.24) is 4.98 Å². The molecule has 1 aromatic heterocycles. The lowest BCUT2D eigenvalue weighted by atomic mass is 10.0. The Bertz CT molecular complexity index is 1400. The van der Waals surface area contributed by atoms with Gasteiger partial charge in [-0.05, 0) is 71.0 Å². The van der Waals surface area contributed by atoms with E-state index < -0.39 is 5.97 Å². The number of carbonyl (C=O) groups excluding carboxylic acids is 2. The van der Waals surface area contributed by atoms with Gasteiger partial charge < -0.3 is 14.6 Å². The summed E-state index contributed by atoms with van der Waals surface area (Å²) in [6.45, 7) is 6.03. The maximum absolute atomic E-state index is 13.0. The zero-order valence-corrected chi connectivity index (χ0v) is 22.5. The van der Waals surface area contributed by atoms with Crippen molar-refractivity contribution >= 4 is 28.5 Å². The van der Waals surface area contributed by atoms with Crippen molar-refractivity contribution in [3.63, 3.8) is 0 Å². The average Bonchev–Trinajstić information content (AvgIpc) is 2.96. The number of aromatic nitrogens is 1. The quantitative estimate of drug-likeness (QED) is 0.293. The highest BCUT2D eigenvalue weighted by Crippen LogP contribution is 2.29. The highest BCUT2D eigenvalue weighted by atomic mass is 16.5. The number of rotatable bonds is 8. The summed E-state index contributed by atoms with van der Waals surface area (Å²) in [6, 6.07) is 21.0. The van der Waals surface area contributed by atoms with E-state index >= 15 is 0 Å². The molecule has 0 bridgehead atoms. The van der Waals surface area contributed by atoms with E-state index in [0.29, 0.717) is 11.4 Å². The molecule has 1 heterocycles. The molecule has 1 amide bonds. The first-order valence-corrected chi connectivity index (χ1v) is 12.6. The van der Waals surface area contributed by atoms with E-state index in [0.717, 1.165) is 38.8 Å². The number of aliphatic hydroxyl groups is 1. The van der Waals surface area contributed by atoms with Gasteiger partial charge in [-0.1, -0.05) is 44.2 Å². The van der Waals surface area contributed by atoms with Crippen LogP contribution in [0.15, 0.2) is 72.9 Å². The van der Waals surface area contributed by atoms with Crippen molar-refractivity contribution in [2.24, 2.45) is 0 Å². The fourth-order valence-electron chi connectivity index (χ4n) is 4.18. The molecule has 0 aliphatic rings. The summed E-state index contributed by atoms with van der Waals surface area (Å²) in [4.78, 5) is 31.1. The molecule has 0 unspecified atom stereocenters. The van der Waals surface area contributed by atoms with E-state index in [9.17, 15) is 14.7 Å². The number of fused-ring (bicyclic) bond motifs is 1. The molecular weight excluding hydrogens is 480 g/mol. The van der Waals surface area contributed by atoms with Gasteiger partial charge in [0.25, 0.3) is 0 Å². The van der Waals surface area contributed by atoms with Crippen molar-refractivity contribution in [2.75, 3.05) is 25.7 Å². The number of hydrogen-bond acceptors (Lipinski definition) is 6. The van der Waals surface area contributed by atoms with Crippen LogP contribution in [0.1, 0.15) is 41.8 Å². The minimum atomic E-state index is -0.435. The Morgan fingerprint density at radius 2 is 1.63 bits per heavy atom. The topological polar surface area (TPSA) is 89.0 Å². The van der Waals surface area contributed by atoms with E-state index in [1.54, 1.807) is 42.5 Å². The minimum absolute atomic E-state index is 0.0263. The van der Waals surface area contributed by atoms with Crippen LogP contribution in [0.2, 0.25) is 0 Å². The van der Waals surface area contributed by atoms with Gasteiger partial charge in [-0.15, -0.1) is 0 Å². The van der Waals surface area contributed by atoms with Crippen molar-refractivity contribution < 1.29 is 24.2 Å². The van der Waals surface area contributed by atoms with Gasteiger partial charge in [0.2, 0.25) is 5.91 Å². The molecule has 0 saturated heterocycles. The van der Waals surface area contributed by atoms with Gasteiger partial charge >= 0.3 is 5.97 Å². The van der Waals surface area contributed by atoms with E-state index in [1.807, 2.05) is 57.2 Å². The number of anilines is 1. The summed E-state index contributed by atoms with van der Waals surface area (Å²) in [5.74, 6) is 0.631. The first-order valence-electron chi connectivity index (χ1n) is 12.6. The molecule has 0 fully saturated rings. The Kier molecular flexibility index (Phi) is 9.96. The molecule has 198 valence electrons. The lowest BCUT2D eigenvalue weighted by Gasteiger charge is -2.23. The molecule has 0 saturated carbocycles. The highest BCUT2D eigenvalue weighted by molar-refractivity contribution is 6.04. The molecule has 4 rings (SSSR count). The lowest BCUT2D eigenvalue weighted by molar-refractivity contribution is -0.119. The van der Waals surface area contributed by atoms with Gasteiger partial charge in [-0.3, -0.25) is 9.69 Å². The van der Waals surface area contributed by atoms with Crippen molar-refractivity contribution in [3.05, 3.63) is 89.6 Å². The first kappa shape index (κ1) is 28.3. The van der Waals surface area contributed by atoms with Gasteiger partial charge in [0.1, 0.15) is 11.6 Å². The van der Waals surface area contributed by atoms with Crippen LogP contribution in [0.4, 0.5) is 5.82 Å². The Morgan fingerprint density at radius 3 is 2.26 bits per heavy atom. The smallest absolute Gasteiger partial charge is 0.337 e. The molecule has 0 aliphatic heterocycles. The molecule has 3 aromatic carbocycles. The number of amides is 1. The van der Waals surface area contributed by atoms with Crippen LogP contribution in [-0.2, 0) is 16.1 Å². The van der Waals surface area contributed by atoms with E-state index in [4.69, 9.17) is 9.47 Å². The predicted octanol–water partition coefficient (Wildman–Crippen LogP) is 5.95. The Labute approximate surface area is 223 Å². The standard InChI is InChI=1S/C29H28N2O5.C2H6/c1-19-16-22(9-11-26(19)35-2)21-6-4-20(5-7-21)18-31(27(33)13-15-32)28-25-10-8-24(29(34)36-3)17-23(25)12-14-30-28;1-2/h4-12,14,16-17,32H,13,15,18H2,1-3H3;1-2H3. The molecule has 7 nitrogen and oxygen atoms in total. The second kappa shape index (κ2) is 13.4. The number of pyridine rings is 1. The molecule has 0 aliphatic carbocycles. The number of esters is 1. The number of hydrogen-bond donors (Lipinski definition) is 1. The molecule has 1 N–H and O–H groups in total. The van der Waals surface area contributed by atoms with Crippen molar-refractivity contribution in [3.8, 4) is 16.9 Å². The van der Waals surface area contributed by atoms with Gasteiger partial charge in [-0.2, -0.15) is 0 Å². The van der Waals surface area contributed by atoms with Crippen LogP contribution >= 0.6 is 0 Å². The molecule has 38 heavy (non-hydrogen) atoms. The summed E-state index contributed by atoms with van der Waals surface area (Å²) in [7, 11) is 2.99. The van der Waals surface area contributed by atoms with Gasteiger partial charge in [0.05, 0.1) is 39.4 Å². The SMILES string of the molecule is CC.COC(=O)c1ccc2c(N(Cc3ccc(-c4ccc(OC)c(C)c4)cc3)C(=O)CCO)nccc2c1. The number of aryl methyl sites for hydroxylation is 1. The van der Waals surface area contributed by atoms with Crippen LogP contribution in [0.3, 0.4) is 0 Å². The van der Waals surface area contributed by atoms with Crippen LogP contribution < -0.4 is 9.64 Å². The second-order valence-corrected chi connectivity index (χ2v) is 8.40. The van der Waals surface area contributed by atoms with Crippen LogP contribution in [0.5, 0.6) is 5.75 Å². The molecule has 0 atom stereocenters. The fraction of sp³-hybridized carbons (Fsp3) is 0.258. The Morgan fingerprint density at radius 1 is 0.921 bits per heavy atom. The molecule has 7 heteroatoms. The highest BCUT2D eigenvalue weighted by Gasteiger charge is 2.20. The van der Waals surface area contributed by atoms with E-state index in [-0.39, 0.29) is 25.5 Å². The monoisotopic (exact) mass is 514 g/mol. The van der Waals surface area contributed by atoms with Crippen LogP contribution in [-0.4, -0.2) is 42.8 Å². The fourth-order valence-corrected chi connectivity index (χ4v) is 4.18. The minimum Gasteiger partial charge on any atom is -0.496 e. The number of ether oxygens (including phenoxy) is 2. The van der Waals surface area contributed by atoms with E-state index in [1.165, 1.54) is 7.11 Å². The second-order valence-electron chi connectivity index (χ2n) is 8.40. The molecule has 0 radical (unpaired) electrons. The summed E-state index contributed by atoms with van der Waals surface area (Å²) >= 11 is 0. The third kappa shape index (κ3) is 6.36. The zero-order valence-electron chi connectivity index (χ0n) is 22.5. The third-order valence-corrected chi connectivity index (χ3v) is 6.07. The van der Waals surface area contributed by atoms with Gasteiger partial charge in [0.15, 0.2) is 0 Å². The van der Waals surface area contributed by atoms with Crippen molar-refractivity contribution in [2.45, 2.75) is 33.7 Å². The molecular formula is C31H34N2O5. The third-order valence-electron chi connectivity index (χ3n) is 6.07. The lowest BCUT2D eigenvalue weighted by Crippen LogP contribution is -2.31. The maximum atomic E-state index is 13.0. The van der Waals surface area contributed by atoms with E-state index in [2.05, 4.69) is 11.1 Å². The number of carbonyl (C=O) groups is 2. The predicted molar refractivity (Wildman–Crippen MR) is 150 cm³/mol. The van der Waals surface area contributed by atoms with Crippen LogP contribution in [0.25, 0.3) is 21.9 Å². The number of aliphatic hydroxyl groups excluding tert-OH is 1. The number of nitrogens with zero attached hydrogens (tertiary/aromatic N) is 2. The average molecular weight is 515 g/mol. The Balaban J connectivity index is 0.00000195. The van der Waals surface area contributed by atoms with Crippen LogP contribution in [0, 0.1) is 6.92 Å². The summed E-state index contributed by atoms with van der Waals surface area (Å²) in [5, 5.41) is 10.9. The largest absolute Gasteiger partial charge is 0.496 e. The zero-order chi connectivity index (χ0) is 27.7. The van der Waals surface area contributed by atoms with Crippen molar-refractivity contribution in [1.29, 1.82) is 0 Å². The Hall–Kier alpha value is -4.23. The maximum Gasteiger partial charge on any atom is 0.337 e. The summed E-state index contributed by atoms with van der Waals surface area (Å²) in [5.41, 5.74) is 4.51. The summed E-state index contributed by atoms with van der Waals surface area (Å²) < 4.78 is 10.2.